The van der Waals surface area contributed by atoms with Gasteiger partial charge in [0.1, 0.15) is 17.2 Å². The van der Waals surface area contributed by atoms with Crippen LogP contribution in [0.15, 0.2) is 72.8 Å². The van der Waals surface area contributed by atoms with Gasteiger partial charge in [-0.15, -0.1) is 0 Å². The molecule has 1 fully saturated rings. The number of nitrogens with one attached hydrogen (secondary N) is 1. The molecule has 1 aliphatic heterocycles. The van der Waals surface area contributed by atoms with E-state index in [0.29, 0.717) is 30.9 Å². The van der Waals surface area contributed by atoms with Crippen molar-refractivity contribution >= 4 is 17.5 Å². The van der Waals surface area contributed by atoms with Crippen LogP contribution in [0.4, 0.5) is 5.69 Å². The van der Waals surface area contributed by atoms with E-state index in [9.17, 15) is 9.59 Å². The monoisotopic (exact) mass is 474 g/mol. The molecule has 7 heteroatoms. The maximum absolute atomic E-state index is 13.5. The Bertz CT molecular complexity index is 1140. The smallest absolute Gasteiger partial charge is 0.227 e. The van der Waals surface area contributed by atoms with E-state index in [1.807, 2.05) is 72.8 Å². The van der Waals surface area contributed by atoms with Crippen LogP contribution in [0.25, 0.3) is 0 Å². The fraction of sp³-hybridized carbons (Fsp3) is 0.286. The Labute approximate surface area is 205 Å². The Balaban J connectivity index is 1.63. The summed E-state index contributed by atoms with van der Waals surface area (Å²) in [5.74, 6) is 1.66. The Morgan fingerprint density at radius 2 is 1.34 bits per heavy atom. The number of carbonyl (C=O) groups is 2. The maximum atomic E-state index is 13.5. The molecule has 1 aliphatic rings. The first kappa shape index (κ1) is 24.1. The molecule has 35 heavy (non-hydrogen) atoms. The SMILES string of the molecule is COc1ccc(CNC(=O)C2CCC(=O)N(c3ccc(OC)cc3)C2c2ccc(OC)cc2)cc1. The van der Waals surface area contributed by atoms with Crippen LogP contribution in [0.3, 0.4) is 0 Å². The van der Waals surface area contributed by atoms with Crippen molar-refractivity contribution in [3.05, 3.63) is 83.9 Å². The maximum Gasteiger partial charge on any atom is 0.227 e. The second-order valence-electron chi connectivity index (χ2n) is 8.39. The van der Waals surface area contributed by atoms with Gasteiger partial charge in [0, 0.05) is 18.7 Å². The zero-order valence-corrected chi connectivity index (χ0v) is 20.2. The summed E-state index contributed by atoms with van der Waals surface area (Å²) in [5, 5.41) is 3.07. The molecular weight excluding hydrogens is 444 g/mol. The molecule has 2 amide bonds. The number of ether oxygens (including phenoxy) is 3. The highest BCUT2D eigenvalue weighted by Gasteiger charge is 2.41. The molecule has 0 aliphatic carbocycles. The van der Waals surface area contributed by atoms with E-state index in [2.05, 4.69) is 5.32 Å². The third-order valence-corrected chi connectivity index (χ3v) is 6.37. The largest absolute Gasteiger partial charge is 0.497 e. The summed E-state index contributed by atoms with van der Waals surface area (Å²) < 4.78 is 15.8. The van der Waals surface area contributed by atoms with Crippen molar-refractivity contribution in [1.29, 1.82) is 0 Å². The normalized spacial score (nSPS) is 17.6. The van der Waals surface area contributed by atoms with Crippen LogP contribution in [0.2, 0.25) is 0 Å². The van der Waals surface area contributed by atoms with E-state index in [1.54, 1.807) is 26.2 Å². The van der Waals surface area contributed by atoms with E-state index in [0.717, 1.165) is 22.6 Å². The summed E-state index contributed by atoms with van der Waals surface area (Å²) in [7, 11) is 4.83. The van der Waals surface area contributed by atoms with Gasteiger partial charge in [-0.3, -0.25) is 9.59 Å². The number of carbonyl (C=O) groups excluding carboxylic acids is 2. The molecule has 2 atom stereocenters. The van der Waals surface area contributed by atoms with Gasteiger partial charge in [-0.05, 0) is 66.1 Å². The summed E-state index contributed by atoms with van der Waals surface area (Å²) in [6, 6.07) is 22.0. The van der Waals surface area contributed by atoms with Crippen molar-refractivity contribution in [3.63, 3.8) is 0 Å². The third kappa shape index (κ3) is 5.40. The lowest BCUT2D eigenvalue weighted by atomic mass is 9.83. The van der Waals surface area contributed by atoms with Gasteiger partial charge >= 0.3 is 0 Å². The van der Waals surface area contributed by atoms with Crippen LogP contribution in [-0.4, -0.2) is 33.1 Å². The quantitative estimate of drug-likeness (QED) is 0.520. The van der Waals surface area contributed by atoms with Gasteiger partial charge in [0.05, 0.1) is 33.3 Å². The standard InChI is InChI=1S/C28H30N2O5/c1-33-22-10-4-19(5-11-22)18-29-28(32)25-16-17-26(31)30(21-8-14-24(35-3)15-9-21)27(25)20-6-12-23(34-2)13-7-20/h4-15,25,27H,16-18H2,1-3H3,(H,29,32). The third-order valence-electron chi connectivity index (χ3n) is 6.37. The van der Waals surface area contributed by atoms with Gasteiger partial charge in [-0.2, -0.15) is 0 Å². The number of methoxy groups -OCH3 is 3. The highest BCUT2D eigenvalue weighted by molar-refractivity contribution is 5.97. The van der Waals surface area contributed by atoms with Gasteiger partial charge in [0.15, 0.2) is 0 Å². The van der Waals surface area contributed by atoms with Crippen LogP contribution in [0.1, 0.15) is 30.0 Å². The molecule has 1 saturated heterocycles. The molecule has 0 bridgehead atoms. The molecule has 7 nitrogen and oxygen atoms in total. The molecular formula is C28H30N2O5. The summed E-state index contributed by atoms with van der Waals surface area (Å²) in [4.78, 5) is 28.4. The molecule has 0 spiro atoms. The van der Waals surface area contributed by atoms with Crippen LogP contribution >= 0.6 is 0 Å². The molecule has 0 radical (unpaired) electrons. The number of hydrogen-bond acceptors (Lipinski definition) is 5. The minimum Gasteiger partial charge on any atom is -0.497 e. The second-order valence-corrected chi connectivity index (χ2v) is 8.39. The summed E-state index contributed by atoms with van der Waals surface area (Å²) >= 11 is 0. The van der Waals surface area contributed by atoms with Crippen molar-refractivity contribution in [2.24, 2.45) is 5.92 Å². The van der Waals surface area contributed by atoms with E-state index >= 15 is 0 Å². The molecule has 1 N–H and O–H groups in total. The summed E-state index contributed by atoms with van der Waals surface area (Å²) in [5.41, 5.74) is 2.57. The van der Waals surface area contributed by atoms with Crippen LogP contribution < -0.4 is 24.4 Å². The van der Waals surface area contributed by atoms with Crippen LogP contribution in [-0.2, 0) is 16.1 Å². The van der Waals surface area contributed by atoms with Crippen molar-refractivity contribution in [1.82, 2.24) is 5.32 Å². The van der Waals surface area contributed by atoms with E-state index in [1.165, 1.54) is 0 Å². The fourth-order valence-electron chi connectivity index (χ4n) is 4.46. The van der Waals surface area contributed by atoms with Gasteiger partial charge in [0.25, 0.3) is 0 Å². The van der Waals surface area contributed by atoms with Crippen molar-refractivity contribution < 1.29 is 23.8 Å². The molecule has 3 aromatic carbocycles. The molecule has 1 heterocycles. The highest BCUT2D eigenvalue weighted by atomic mass is 16.5. The number of anilines is 1. The minimum atomic E-state index is -0.452. The first-order valence-corrected chi connectivity index (χ1v) is 11.5. The molecule has 182 valence electrons. The molecule has 0 saturated carbocycles. The van der Waals surface area contributed by atoms with Gasteiger partial charge in [-0.25, -0.2) is 0 Å². The molecule has 0 aromatic heterocycles. The molecule has 2 unspecified atom stereocenters. The Morgan fingerprint density at radius 3 is 1.89 bits per heavy atom. The molecule has 3 aromatic rings. The number of hydrogen-bond donors (Lipinski definition) is 1. The minimum absolute atomic E-state index is 0.0183. The number of benzene rings is 3. The summed E-state index contributed by atoms with van der Waals surface area (Å²) in [6.45, 7) is 0.394. The number of amides is 2. The lowest BCUT2D eigenvalue weighted by Gasteiger charge is -2.41. The lowest BCUT2D eigenvalue weighted by Crippen LogP contribution is -2.48. The first-order valence-electron chi connectivity index (χ1n) is 11.5. The predicted molar refractivity (Wildman–Crippen MR) is 134 cm³/mol. The predicted octanol–water partition coefficient (Wildman–Crippen LogP) is 4.51. The van der Waals surface area contributed by atoms with Crippen molar-refractivity contribution in [3.8, 4) is 17.2 Å². The van der Waals surface area contributed by atoms with Crippen LogP contribution in [0.5, 0.6) is 17.2 Å². The van der Waals surface area contributed by atoms with E-state index in [4.69, 9.17) is 14.2 Å². The van der Waals surface area contributed by atoms with Gasteiger partial charge in [0.2, 0.25) is 11.8 Å². The summed E-state index contributed by atoms with van der Waals surface area (Å²) in [6.07, 6.45) is 0.760. The van der Waals surface area contributed by atoms with Gasteiger partial charge < -0.3 is 24.4 Å². The average molecular weight is 475 g/mol. The zero-order valence-electron chi connectivity index (χ0n) is 20.2. The lowest BCUT2D eigenvalue weighted by molar-refractivity contribution is -0.129. The van der Waals surface area contributed by atoms with E-state index < -0.39 is 12.0 Å². The fourth-order valence-corrected chi connectivity index (χ4v) is 4.46. The van der Waals surface area contributed by atoms with E-state index in [-0.39, 0.29) is 11.8 Å². The van der Waals surface area contributed by atoms with Gasteiger partial charge in [-0.1, -0.05) is 24.3 Å². The van der Waals surface area contributed by atoms with Crippen molar-refractivity contribution in [2.45, 2.75) is 25.4 Å². The zero-order chi connectivity index (χ0) is 24.8. The second kappa shape index (κ2) is 11.0. The number of piperidine rings is 1. The Kier molecular flexibility index (Phi) is 7.55. The Morgan fingerprint density at radius 1 is 0.829 bits per heavy atom. The highest BCUT2D eigenvalue weighted by Crippen LogP contribution is 2.41. The number of nitrogens with zero attached hydrogens (tertiary/aromatic N) is 1. The van der Waals surface area contributed by atoms with Crippen LogP contribution in [0, 0.1) is 5.92 Å². The van der Waals surface area contributed by atoms with Crippen molar-refractivity contribution in [2.75, 3.05) is 26.2 Å². The molecule has 4 rings (SSSR count). The number of rotatable bonds is 8. The topological polar surface area (TPSA) is 77.1 Å². The average Bonchev–Trinajstić information content (AvgIpc) is 2.92. The first-order chi connectivity index (χ1) is 17.0. The Hall–Kier alpha value is -4.00.